The first-order valence-corrected chi connectivity index (χ1v) is 6.36. The molecule has 9 nitrogen and oxygen atoms in total. The smallest absolute Gasteiger partial charge is 0.245 e. The van der Waals surface area contributed by atoms with Crippen LogP contribution in [0.5, 0.6) is 0 Å². The predicted molar refractivity (Wildman–Crippen MR) is 71.0 cm³/mol. The summed E-state index contributed by atoms with van der Waals surface area (Å²) in [6.07, 6.45) is -5.98. The molecule has 6 N–H and O–H groups in total. The Morgan fingerprint density at radius 2 is 1.52 bits per heavy atom. The van der Waals surface area contributed by atoms with Crippen molar-refractivity contribution in [3.05, 3.63) is 0 Å². The van der Waals surface area contributed by atoms with Gasteiger partial charge in [-0.2, -0.15) is 0 Å². The van der Waals surface area contributed by atoms with E-state index in [1.165, 1.54) is 13.8 Å². The molecule has 2 amide bonds. The summed E-state index contributed by atoms with van der Waals surface area (Å²) >= 11 is 0. The van der Waals surface area contributed by atoms with Gasteiger partial charge < -0.3 is 35.9 Å². The van der Waals surface area contributed by atoms with E-state index in [1.807, 2.05) is 0 Å². The SMILES string of the molecule is CC(=O)N[C@H](C(=O)N[C@@H]([C@H](O)[C@@H](O)C=O)[C@@H](C)O)[C@H](C)O. The molecule has 0 heterocycles. The van der Waals surface area contributed by atoms with Gasteiger partial charge in [-0.25, -0.2) is 0 Å². The third-order valence-corrected chi connectivity index (χ3v) is 2.81. The maximum atomic E-state index is 12.0. The quantitative estimate of drug-likeness (QED) is 0.256. The standard InChI is InChI=1S/C12H22N2O7/c1-5(16)9(11(20)8(19)4-15)14-12(21)10(6(2)17)13-7(3)18/h4-6,8-11,16-17,19-20H,1-3H3,(H,13,18)(H,14,21)/t5-,6+,8+,9-,10+,11-/m1/s1. The van der Waals surface area contributed by atoms with E-state index in [1.54, 1.807) is 0 Å². The van der Waals surface area contributed by atoms with E-state index in [9.17, 15) is 34.8 Å². The van der Waals surface area contributed by atoms with Gasteiger partial charge in [-0.1, -0.05) is 0 Å². The molecule has 0 spiro atoms. The van der Waals surface area contributed by atoms with E-state index in [2.05, 4.69) is 10.6 Å². The molecule has 0 aliphatic heterocycles. The van der Waals surface area contributed by atoms with Crippen LogP contribution in [0.2, 0.25) is 0 Å². The Morgan fingerprint density at radius 3 is 1.86 bits per heavy atom. The lowest BCUT2D eigenvalue weighted by Crippen LogP contribution is -2.60. The zero-order valence-corrected chi connectivity index (χ0v) is 12.1. The fraction of sp³-hybridized carbons (Fsp3) is 0.750. The van der Waals surface area contributed by atoms with Crippen molar-refractivity contribution in [2.75, 3.05) is 0 Å². The number of carbonyl (C=O) groups is 3. The molecular formula is C12H22N2O7. The molecule has 0 bridgehead atoms. The average molecular weight is 306 g/mol. The van der Waals surface area contributed by atoms with Crippen LogP contribution >= 0.6 is 0 Å². The van der Waals surface area contributed by atoms with Gasteiger partial charge in [-0.05, 0) is 13.8 Å². The van der Waals surface area contributed by atoms with Crippen LogP contribution in [0.15, 0.2) is 0 Å². The molecular weight excluding hydrogens is 284 g/mol. The molecule has 0 fully saturated rings. The number of amides is 2. The van der Waals surface area contributed by atoms with Crippen LogP contribution in [0.4, 0.5) is 0 Å². The summed E-state index contributed by atoms with van der Waals surface area (Å²) in [5.41, 5.74) is 0. The second kappa shape index (κ2) is 8.67. The average Bonchev–Trinajstić information content (AvgIpc) is 2.39. The summed E-state index contributed by atoms with van der Waals surface area (Å²) in [5, 5.41) is 42.3. The van der Waals surface area contributed by atoms with Crippen molar-refractivity contribution in [2.24, 2.45) is 0 Å². The molecule has 9 heteroatoms. The molecule has 0 aromatic rings. The number of rotatable bonds is 8. The topological polar surface area (TPSA) is 156 Å². The van der Waals surface area contributed by atoms with Crippen LogP contribution < -0.4 is 10.6 Å². The van der Waals surface area contributed by atoms with Crippen molar-refractivity contribution < 1.29 is 34.8 Å². The van der Waals surface area contributed by atoms with Crippen LogP contribution in [0.1, 0.15) is 20.8 Å². The van der Waals surface area contributed by atoms with Crippen molar-refractivity contribution in [3.8, 4) is 0 Å². The van der Waals surface area contributed by atoms with Crippen LogP contribution in [-0.2, 0) is 14.4 Å². The lowest BCUT2D eigenvalue weighted by Gasteiger charge is -2.30. The number of aliphatic hydroxyl groups is 4. The molecule has 0 unspecified atom stereocenters. The van der Waals surface area contributed by atoms with Gasteiger partial charge in [-0.15, -0.1) is 0 Å². The highest BCUT2D eigenvalue weighted by atomic mass is 16.3. The van der Waals surface area contributed by atoms with Gasteiger partial charge in [-0.3, -0.25) is 9.59 Å². The fourth-order valence-electron chi connectivity index (χ4n) is 1.66. The van der Waals surface area contributed by atoms with Crippen molar-refractivity contribution in [3.63, 3.8) is 0 Å². The highest BCUT2D eigenvalue weighted by Crippen LogP contribution is 2.05. The highest BCUT2D eigenvalue weighted by Gasteiger charge is 2.34. The Hall–Kier alpha value is -1.55. The van der Waals surface area contributed by atoms with Gasteiger partial charge in [0.1, 0.15) is 18.2 Å². The maximum absolute atomic E-state index is 12.0. The second-order valence-corrected chi connectivity index (χ2v) is 4.81. The summed E-state index contributed by atoms with van der Waals surface area (Å²) in [7, 11) is 0. The molecule has 6 atom stereocenters. The van der Waals surface area contributed by atoms with E-state index in [-0.39, 0.29) is 6.29 Å². The minimum absolute atomic E-state index is 0.0617. The summed E-state index contributed by atoms with van der Waals surface area (Å²) in [6.45, 7) is 3.66. The molecule has 0 radical (unpaired) electrons. The predicted octanol–water partition coefficient (Wildman–Crippen LogP) is -3.34. The Balaban J connectivity index is 5.02. The summed E-state index contributed by atoms with van der Waals surface area (Å²) in [6, 6.07) is -2.66. The summed E-state index contributed by atoms with van der Waals surface area (Å²) in [4.78, 5) is 33.4. The van der Waals surface area contributed by atoms with E-state index in [4.69, 9.17) is 0 Å². The number of nitrogens with one attached hydrogen (secondary N) is 2. The lowest BCUT2D eigenvalue weighted by atomic mass is 10.0. The highest BCUT2D eigenvalue weighted by molar-refractivity contribution is 5.87. The molecule has 0 aliphatic rings. The second-order valence-electron chi connectivity index (χ2n) is 4.81. The Morgan fingerprint density at radius 1 is 1.00 bits per heavy atom. The van der Waals surface area contributed by atoms with Crippen molar-refractivity contribution in [1.82, 2.24) is 10.6 Å². The van der Waals surface area contributed by atoms with Crippen LogP contribution in [0.3, 0.4) is 0 Å². The largest absolute Gasteiger partial charge is 0.391 e. The molecule has 0 saturated carbocycles. The minimum atomic E-state index is -1.80. The van der Waals surface area contributed by atoms with Crippen LogP contribution in [-0.4, -0.2) is 75.0 Å². The molecule has 0 rings (SSSR count). The number of carbonyl (C=O) groups excluding carboxylic acids is 3. The number of aliphatic hydroxyl groups excluding tert-OH is 4. The normalized spacial score (nSPS) is 19.6. The molecule has 0 aliphatic carbocycles. The van der Waals surface area contributed by atoms with Crippen LogP contribution in [0.25, 0.3) is 0 Å². The van der Waals surface area contributed by atoms with Crippen molar-refractivity contribution in [2.45, 2.75) is 57.3 Å². The Labute approximate surface area is 122 Å². The van der Waals surface area contributed by atoms with E-state index in [0.717, 1.165) is 6.92 Å². The van der Waals surface area contributed by atoms with Gasteiger partial charge in [0.2, 0.25) is 11.8 Å². The van der Waals surface area contributed by atoms with Gasteiger partial charge in [0.25, 0.3) is 0 Å². The molecule has 21 heavy (non-hydrogen) atoms. The summed E-state index contributed by atoms with van der Waals surface area (Å²) < 4.78 is 0. The van der Waals surface area contributed by atoms with Gasteiger partial charge in [0.15, 0.2) is 6.29 Å². The first kappa shape index (κ1) is 19.4. The molecule has 122 valence electrons. The van der Waals surface area contributed by atoms with Crippen molar-refractivity contribution in [1.29, 1.82) is 0 Å². The zero-order chi connectivity index (χ0) is 16.7. The first-order chi connectivity index (χ1) is 9.61. The molecule has 0 aromatic heterocycles. The number of aldehydes is 1. The maximum Gasteiger partial charge on any atom is 0.245 e. The van der Waals surface area contributed by atoms with Gasteiger partial charge in [0.05, 0.1) is 18.2 Å². The minimum Gasteiger partial charge on any atom is -0.391 e. The first-order valence-electron chi connectivity index (χ1n) is 6.36. The fourth-order valence-corrected chi connectivity index (χ4v) is 1.66. The lowest BCUT2D eigenvalue weighted by molar-refractivity contribution is -0.135. The molecule has 0 saturated heterocycles. The Kier molecular flexibility index (Phi) is 8.03. The van der Waals surface area contributed by atoms with E-state index in [0.29, 0.717) is 0 Å². The zero-order valence-electron chi connectivity index (χ0n) is 12.1. The monoisotopic (exact) mass is 306 g/mol. The van der Waals surface area contributed by atoms with Gasteiger partial charge in [0, 0.05) is 6.92 Å². The number of hydrogen-bond acceptors (Lipinski definition) is 7. The summed E-state index contributed by atoms with van der Waals surface area (Å²) in [5.74, 6) is -1.43. The van der Waals surface area contributed by atoms with Crippen LogP contribution in [0, 0.1) is 0 Å². The van der Waals surface area contributed by atoms with Gasteiger partial charge >= 0.3 is 0 Å². The third-order valence-electron chi connectivity index (χ3n) is 2.81. The number of hydrogen-bond donors (Lipinski definition) is 6. The van der Waals surface area contributed by atoms with E-state index < -0.39 is 48.3 Å². The Bertz CT molecular complexity index is 373. The molecule has 0 aromatic carbocycles. The van der Waals surface area contributed by atoms with E-state index >= 15 is 0 Å². The van der Waals surface area contributed by atoms with Crippen molar-refractivity contribution >= 4 is 18.1 Å². The third kappa shape index (κ3) is 6.17.